The fourth-order valence-corrected chi connectivity index (χ4v) is 2.98. The van der Waals surface area contributed by atoms with Crippen LogP contribution in [0.3, 0.4) is 0 Å². The number of hydrogen-bond donors (Lipinski definition) is 0. The average molecular weight is 316 g/mol. The Balaban J connectivity index is 1.98. The normalized spacial score (nSPS) is 24.3. The van der Waals surface area contributed by atoms with Gasteiger partial charge >= 0.3 is 7.12 Å². The maximum absolute atomic E-state index is 6.17. The first-order valence-electron chi connectivity index (χ1n) is 8.04. The molecule has 1 saturated heterocycles. The highest BCUT2D eigenvalue weighted by Gasteiger charge is 2.52. The van der Waals surface area contributed by atoms with Gasteiger partial charge in [0.25, 0.3) is 0 Å². The van der Waals surface area contributed by atoms with Gasteiger partial charge in [0, 0.05) is 17.4 Å². The Kier molecular flexibility index (Phi) is 3.77. The highest BCUT2D eigenvalue weighted by molar-refractivity contribution is 6.63. The lowest BCUT2D eigenvalue weighted by Gasteiger charge is -2.32. The molecule has 0 N–H and O–H groups in total. The van der Waals surface area contributed by atoms with Crippen molar-refractivity contribution in [3.63, 3.8) is 0 Å². The van der Waals surface area contributed by atoms with Crippen molar-refractivity contribution >= 4 is 12.6 Å². The summed E-state index contributed by atoms with van der Waals surface area (Å²) < 4.78 is 24.0. The third-order valence-corrected chi connectivity index (χ3v) is 5.17. The largest absolute Gasteiger partial charge is 0.498 e. The highest BCUT2D eigenvalue weighted by atomic mass is 16.7. The number of rotatable bonds is 3. The lowest BCUT2D eigenvalue weighted by molar-refractivity contribution is 0.00578. The third kappa shape index (κ3) is 2.56. The summed E-state index contributed by atoms with van der Waals surface area (Å²) in [5.74, 6) is 1.65. The molecule has 2 aliphatic rings. The number of hydrogen-bond acceptors (Lipinski definition) is 4. The van der Waals surface area contributed by atoms with Crippen molar-refractivity contribution in [2.75, 3.05) is 7.11 Å². The Bertz CT molecular complexity index is 635. The van der Waals surface area contributed by atoms with Crippen LogP contribution in [0.5, 0.6) is 11.5 Å². The predicted molar refractivity (Wildman–Crippen MR) is 91.6 cm³/mol. The molecule has 5 heteroatoms. The van der Waals surface area contributed by atoms with Gasteiger partial charge in [0.05, 0.1) is 18.3 Å². The van der Waals surface area contributed by atoms with E-state index in [0.717, 1.165) is 34.5 Å². The van der Waals surface area contributed by atoms with Gasteiger partial charge in [-0.1, -0.05) is 12.6 Å². The molecule has 23 heavy (non-hydrogen) atoms. The summed E-state index contributed by atoms with van der Waals surface area (Å²) in [5, 5.41) is 0. The molecule has 0 aliphatic carbocycles. The lowest BCUT2D eigenvalue weighted by Crippen LogP contribution is -2.41. The molecule has 0 amide bonds. The van der Waals surface area contributed by atoms with Gasteiger partial charge in [0.2, 0.25) is 0 Å². The van der Waals surface area contributed by atoms with Gasteiger partial charge in [-0.2, -0.15) is 0 Å². The van der Waals surface area contributed by atoms with E-state index in [2.05, 4.69) is 6.58 Å². The summed E-state index contributed by atoms with van der Waals surface area (Å²) in [6.45, 7) is 14.2. The van der Waals surface area contributed by atoms with E-state index < -0.39 is 7.12 Å². The second kappa shape index (κ2) is 5.28. The molecule has 2 aliphatic heterocycles. The van der Waals surface area contributed by atoms with Crippen LogP contribution in [0.1, 0.15) is 40.2 Å². The summed E-state index contributed by atoms with van der Waals surface area (Å²) in [6.07, 6.45) is 0.772. The molecule has 124 valence electrons. The zero-order chi connectivity index (χ0) is 17.0. The van der Waals surface area contributed by atoms with Gasteiger partial charge in [0.1, 0.15) is 17.6 Å². The van der Waals surface area contributed by atoms with Crippen molar-refractivity contribution in [1.82, 2.24) is 0 Å². The molecule has 3 rings (SSSR count). The maximum Gasteiger partial charge on any atom is 0.498 e. The van der Waals surface area contributed by atoms with E-state index in [-0.39, 0.29) is 17.3 Å². The molecular formula is C18H25BO4. The molecule has 1 aromatic rings. The first kappa shape index (κ1) is 16.4. The minimum atomic E-state index is -0.441. The number of methoxy groups -OCH3 is 1. The highest BCUT2D eigenvalue weighted by Crippen LogP contribution is 2.40. The van der Waals surface area contributed by atoms with Crippen molar-refractivity contribution in [2.24, 2.45) is 0 Å². The SMILES string of the molecule is C=C(C)[C@@H]1Cc2c(ccc(B3OC(C)(C)C(C)(C)O3)c2OC)O1. The van der Waals surface area contributed by atoms with E-state index in [9.17, 15) is 0 Å². The summed E-state index contributed by atoms with van der Waals surface area (Å²) in [4.78, 5) is 0. The van der Waals surface area contributed by atoms with Crippen molar-refractivity contribution in [3.05, 3.63) is 29.8 Å². The predicted octanol–water partition coefficient (Wildman–Crippen LogP) is 2.87. The van der Waals surface area contributed by atoms with E-state index in [1.165, 1.54) is 0 Å². The third-order valence-electron chi connectivity index (χ3n) is 5.17. The molecule has 1 aromatic carbocycles. The Morgan fingerprint density at radius 1 is 1.22 bits per heavy atom. The van der Waals surface area contributed by atoms with Gasteiger partial charge in [-0.3, -0.25) is 0 Å². The minimum Gasteiger partial charge on any atom is -0.497 e. The second-order valence-electron chi connectivity index (χ2n) is 7.41. The average Bonchev–Trinajstić information content (AvgIpc) is 2.96. The van der Waals surface area contributed by atoms with E-state index in [4.69, 9.17) is 18.8 Å². The monoisotopic (exact) mass is 316 g/mol. The minimum absolute atomic E-state index is 0.00690. The Hall–Kier alpha value is -1.46. The number of benzene rings is 1. The zero-order valence-electron chi connectivity index (χ0n) is 14.9. The molecule has 0 aromatic heterocycles. The number of fused-ring (bicyclic) bond motifs is 1. The van der Waals surface area contributed by atoms with Crippen LogP contribution in [0.2, 0.25) is 0 Å². The van der Waals surface area contributed by atoms with Gasteiger partial charge in [-0.05, 0) is 46.3 Å². The van der Waals surface area contributed by atoms with Crippen LogP contribution in [-0.2, 0) is 15.7 Å². The smallest absolute Gasteiger partial charge is 0.497 e. The Labute approximate surface area is 138 Å². The zero-order valence-corrected chi connectivity index (χ0v) is 14.9. The molecule has 1 fully saturated rings. The van der Waals surface area contributed by atoms with Gasteiger partial charge in [-0.15, -0.1) is 0 Å². The molecule has 0 saturated carbocycles. The summed E-state index contributed by atoms with van der Waals surface area (Å²) in [6, 6.07) is 3.95. The lowest BCUT2D eigenvalue weighted by atomic mass is 9.77. The van der Waals surface area contributed by atoms with Crippen molar-refractivity contribution in [2.45, 2.75) is 58.3 Å². The fourth-order valence-electron chi connectivity index (χ4n) is 2.98. The molecule has 4 nitrogen and oxygen atoms in total. The van der Waals surface area contributed by atoms with Crippen LogP contribution < -0.4 is 14.9 Å². The summed E-state index contributed by atoms with van der Waals surface area (Å²) in [7, 11) is 1.24. The van der Waals surface area contributed by atoms with Crippen LogP contribution in [-0.4, -0.2) is 31.5 Å². The van der Waals surface area contributed by atoms with Crippen LogP contribution in [0.4, 0.5) is 0 Å². The molecule has 0 unspecified atom stereocenters. The second-order valence-corrected chi connectivity index (χ2v) is 7.41. The van der Waals surface area contributed by atoms with Gasteiger partial charge < -0.3 is 18.8 Å². The van der Waals surface area contributed by atoms with Crippen LogP contribution in [0.15, 0.2) is 24.3 Å². The molecule has 1 atom stereocenters. The molecule has 0 radical (unpaired) electrons. The van der Waals surface area contributed by atoms with Crippen molar-refractivity contribution < 1.29 is 18.8 Å². The Morgan fingerprint density at radius 3 is 2.35 bits per heavy atom. The maximum atomic E-state index is 6.17. The topological polar surface area (TPSA) is 36.9 Å². The standard InChI is InChI=1S/C18H25BO4/c1-11(2)15-10-12-14(21-15)9-8-13(16(12)20-7)19-22-17(3,4)18(5,6)23-19/h8-9,15H,1,10H2,2-7H3/t15-/m0/s1. The van der Waals surface area contributed by atoms with E-state index >= 15 is 0 Å². The van der Waals surface area contributed by atoms with E-state index in [0.29, 0.717) is 0 Å². The molecule has 0 spiro atoms. The van der Waals surface area contributed by atoms with Crippen LogP contribution in [0.25, 0.3) is 0 Å². The summed E-state index contributed by atoms with van der Waals surface area (Å²) in [5.41, 5.74) is 2.24. The van der Waals surface area contributed by atoms with Crippen molar-refractivity contribution in [1.29, 1.82) is 0 Å². The first-order chi connectivity index (χ1) is 10.7. The van der Waals surface area contributed by atoms with E-state index in [1.54, 1.807) is 7.11 Å². The number of ether oxygens (including phenoxy) is 2. The Morgan fingerprint density at radius 2 is 1.83 bits per heavy atom. The first-order valence-corrected chi connectivity index (χ1v) is 8.04. The van der Waals surface area contributed by atoms with Crippen molar-refractivity contribution in [3.8, 4) is 11.5 Å². The van der Waals surface area contributed by atoms with Crippen LogP contribution >= 0.6 is 0 Å². The van der Waals surface area contributed by atoms with Gasteiger partial charge in [-0.25, -0.2) is 0 Å². The fraction of sp³-hybridized carbons (Fsp3) is 0.556. The summed E-state index contributed by atoms with van der Waals surface area (Å²) >= 11 is 0. The van der Waals surface area contributed by atoms with Gasteiger partial charge in [0.15, 0.2) is 0 Å². The molecule has 0 bridgehead atoms. The van der Waals surface area contributed by atoms with E-state index in [1.807, 2.05) is 46.8 Å². The van der Waals surface area contributed by atoms with Crippen LogP contribution in [0, 0.1) is 0 Å². The molecular weight excluding hydrogens is 291 g/mol. The quantitative estimate of drug-likeness (QED) is 0.635. The molecule has 2 heterocycles.